The van der Waals surface area contributed by atoms with Gasteiger partial charge >= 0.3 is 0 Å². The van der Waals surface area contributed by atoms with E-state index in [2.05, 4.69) is 22.3 Å². The zero-order valence-electron chi connectivity index (χ0n) is 17.8. The van der Waals surface area contributed by atoms with Crippen LogP contribution >= 0.6 is 0 Å². The van der Waals surface area contributed by atoms with Gasteiger partial charge in [0.25, 0.3) is 0 Å². The summed E-state index contributed by atoms with van der Waals surface area (Å²) in [5, 5.41) is 17.0. The van der Waals surface area contributed by atoms with Gasteiger partial charge in [-0.1, -0.05) is 6.07 Å². The number of nitrogens with one attached hydrogen (secondary N) is 1. The number of aryl methyl sites for hydroxylation is 3. The number of halogens is 1. The number of nitriles is 1. The molecule has 0 saturated carbocycles. The Morgan fingerprint density at radius 3 is 2.55 bits per heavy atom. The molecule has 158 valence electrons. The summed E-state index contributed by atoms with van der Waals surface area (Å²) < 4.78 is 24.7. The van der Waals surface area contributed by atoms with Gasteiger partial charge in [0.1, 0.15) is 29.8 Å². The van der Waals surface area contributed by atoms with Gasteiger partial charge in [-0.05, 0) is 79.8 Å². The van der Waals surface area contributed by atoms with Crippen molar-refractivity contribution < 1.29 is 13.9 Å². The van der Waals surface area contributed by atoms with Crippen LogP contribution in [0.25, 0.3) is 0 Å². The number of nitrogens with zero attached hydrogens (tertiary/aromatic N) is 2. The van der Waals surface area contributed by atoms with Gasteiger partial charge in [0.2, 0.25) is 11.8 Å². The van der Waals surface area contributed by atoms with E-state index in [-0.39, 0.29) is 11.7 Å². The third-order valence-electron chi connectivity index (χ3n) is 5.81. The van der Waals surface area contributed by atoms with E-state index in [1.807, 2.05) is 27.7 Å². The Bertz CT molecular complexity index is 1240. The van der Waals surface area contributed by atoms with E-state index in [9.17, 15) is 9.65 Å². The van der Waals surface area contributed by atoms with Crippen LogP contribution in [0.3, 0.4) is 0 Å². The molecule has 0 radical (unpaired) electrons. The minimum atomic E-state index is -0.391. The van der Waals surface area contributed by atoms with Gasteiger partial charge in [0.05, 0.1) is 5.92 Å². The molecule has 0 saturated heterocycles. The fourth-order valence-corrected chi connectivity index (χ4v) is 4.28. The Hall–Kier alpha value is -3.79. The van der Waals surface area contributed by atoms with Gasteiger partial charge in [0, 0.05) is 11.3 Å². The van der Waals surface area contributed by atoms with E-state index in [1.165, 1.54) is 12.1 Å². The molecule has 1 atom stereocenters. The van der Waals surface area contributed by atoms with E-state index in [0.29, 0.717) is 23.8 Å². The van der Waals surface area contributed by atoms with Crippen molar-refractivity contribution in [1.82, 2.24) is 10.2 Å². The summed E-state index contributed by atoms with van der Waals surface area (Å²) in [6.45, 7) is 8.29. The number of hydrogen-bond acceptors (Lipinski definition) is 5. The molecule has 6 nitrogen and oxygen atoms in total. The van der Waals surface area contributed by atoms with Crippen molar-refractivity contribution in [3.05, 3.63) is 86.7 Å². The SMILES string of the molecule is Cc1cc(C)c([C@@H]2C(C#N)=C(N)Oc3n[nH]c(C)c32)c(C)c1COc1ccc(F)cc1. The Morgan fingerprint density at radius 1 is 1.16 bits per heavy atom. The number of hydrogen-bond donors (Lipinski definition) is 2. The maximum Gasteiger partial charge on any atom is 0.244 e. The second kappa shape index (κ2) is 7.80. The third-order valence-corrected chi connectivity index (χ3v) is 5.81. The van der Waals surface area contributed by atoms with Crippen LogP contribution in [0.1, 0.15) is 45.0 Å². The largest absolute Gasteiger partial charge is 0.489 e. The van der Waals surface area contributed by atoms with Crippen LogP contribution in [0.4, 0.5) is 4.39 Å². The fourth-order valence-electron chi connectivity index (χ4n) is 4.28. The Labute approximate surface area is 180 Å². The minimum absolute atomic E-state index is 0.0648. The van der Waals surface area contributed by atoms with Crippen molar-refractivity contribution >= 4 is 0 Å². The van der Waals surface area contributed by atoms with Gasteiger partial charge in [-0.2, -0.15) is 5.26 Å². The molecule has 7 heteroatoms. The van der Waals surface area contributed by atoms with Crippen molar-refractivity contribution in [1.29, 1.82) is 5.26 Å². The fraction of sp³-hybridized carbons (Fsp3) is 0.250. The number of aromatic amines is 1. The first-order valence-electron chi connectivity index (χ1n) is 9.92. The van der Waals surface area contributed by atoms with Crippen LogP contribution in [0.2, 0.25) is 0 Å². The van der Waals surface area contributed by atoms with Crippen LogP contribution in [0.5, 0.6) is 11.6 Å². The highest BCUT2D eigenvalue weighted by molar-refractivity contribution is 5.60. The number of H-pyrrole nitrogens is 1. The van der Waals surface area contributed by atoms with Crippen LogP contribution in [-0.4, -0.2) is 10.2 Å². The quantitative estimate of drug-likeness (QED) is 0.646. The van der Waals surface area contributed by atoms with Gasteiger partial charge in [-0.25, -0.2) is 4.39 Å². The summed E-state index contributed by atoms with van der Waals surface area (Å²) in [6, 6.07) is 10.3. The first-order valence-corrected chi connectivity index (χ1v) is 9.92. The molecule has 1 aliphatic rings. The topological polar surface area (TPSA) is 97.0 Å². The van der Waals surface area contributed by atoms with Gasteiger partial charge < -0.3 is 15.2 Å². The van der Waals surface area contributed by atoms with E-state index in [1.54, 1.807) is 12.1 Å². The Morgan fingerprint density at radius 2 is 1.87 bits per heavy atom. The number of ether oxygens (including phenoxy) is 2. The van der Waals surface area contributed by atoms with E-state index < -0.39 is 5.92 Å². The van der Waals surface area contributed by atoms with E-state index in [4.69, 9.17) is 15.2 Å². The molecule has 2 aromatic carbocycles. The summed E-state index contributed by atoms with van der Waals surface area (Å²) in [5.41, 5.74) is 13.2. The molecule has 3 aromatic rings. The van der Waals surface area contributed by atoms with Crippen molar-refractivity contribution in [2.45, 2.75) is 40.2 Å². The first kappa shape index (κ1) is 20.5. The van der Waals surface area contributed by atoms with Gasteiger partial charge in [0.15, 0.2) is 0 Å². The third kappa shape index (κ3) is 3.50. The van der Waals surface area contributed by atoms with Crippen LogP contribution < -0.4 is 15.2 Å². The number of allylic oxidation sites excluding steroid dienone is 1. The molecular formula is C24H23FN4O2. The molecule has 0 spiro atoms. The highest BCUT2D eigenvalue weighted by atomic mass is 19.1. The molecule has 0 amide bonds. The van der Waals surface area contributed by atoms with Crippen molar-refractivity contribution in [3.8, 4) is 17.7 Å². The molecule has 0 fully saturated rings. The number of aromatic nitrogens is 2. The molecule has 3 N–H and O–H groups in total. The average molecular weight is 418 g/mol. The van der Waals surface area contributed by atoms with Crippen LogP contribution in [-0.2, 0) is 6.61 Å². The van der Waals surface area contributed by atoms with Crippen molar-refractivity contribution in [2.24, 2.45) is 5.73 Å². The number of nitrogens with two attached hydrogens (primary N) is 1. The lowest BCUT2D eigenvalue weighted by molar-refractivity contribution is 0.304. The molecule has 1 aliphatic heterocycles. The van der Waals surface area contributed by atoms with Crippen molar-refractivity contribution in [2.75, 3.05) is 0 Å². The summed E-state index contributed by atoms with van der Waals surface area (Å²) in [6.07, 6.45) is 0. The lowest BCUT2D eigenvalue weighted by Crippen LogP contribution is -2.22. The number of benzene rings is 2. The number of fused-ring (bicyclic) bond motifs is 1. The highest BCUT2D eigenvalue weighted by Gasteiger charge is 2.36. The summed E-state index contributed by atoms with van der Waals surface area (Å²) >= 11 is 0. The summed E-state index contributed by atoms with van der Waals surface area (Å²) in [5.74, 6) is 0.343. The molecule has 31 heavy (non-hydrogen) atoms. The zero-order chi connectivity index (χ0) is 22.3. The smallest absolute Gasteiger partial charge is 0.244 e. The molecule has 0 unspecified atom stereocenters. The molecule has 0 bridgehead atoms. The Kier molecular flexibility index (Phi) is 5.15. The number of rotatable bonds is 4. The molecule has 0 aliphatic carbocycles. The highest BCUT2D eigenvalue weighted by Crippen LogP contribution is 2.45. The monoisotopic (exact) mass is 418 g/mol. The second-order valence-electron chi connectivity index (χ2n) is 7.76. The predicted octanol–water partition coefficient (Wildman–Crippen LogP) is 4.58. The second-order valence-corrected chi connectivity index (χ2v) is 7.76. The average Bonchev–Trinajstić information content (AvgIpc) is 3.09. The lowest BCUT2D eigenvalue weighted by Gasteiger charge is -2.28. The van der Waals surface area contributed by atoms with E-state index >= 15 is 0 Å². The van der Waals surface area contributed by atoms with Gasteiger partial charge in [-0.15, -0.1) is 5.10 Å². The predicted molar refractivity (Wildman–Crippen MR) is 114 cm³/mol. The first-order chi connectivity index (χ1) is 14.8. The summed E-state index contributed by atoms with van der Waals surface area (Å²) in [7, 11) is 0. The Balaban J connectivity index is 1.82. The maximum atomic E-state index is 13.2. The maximum absolute atomic E-state index is 13.2. The molecule has 4 rings (SSSR count). The normalized spacial score (nSPS) is 15.3. The minimum Gasteiger partial charge on any atom is -0.489 e. The zero-order valence-corrected chi connectivity index (χ0v) is 17.8. The van der Waals surface area contributed by atoms with Gasteiger partial charge in [-0.3, -0.25) is 5.10 Å². The van der Waals surface area contributed by atoms with Crippen molar-refractivity contribution in [3.63, 3.8) is 0 Å². The standard InChI is InChI=1S/C24H23FN4O2/c1-12-9-13(2)20(14(3)19(12)11-30-17-7-5-16(25)6-8-17)22-18(10-26)23(27)31-24-21(22)15(4)28-29-24/h5-9,22H,11,27H2,1-4H3,(H,28,29)/t22-/m0/s1. The summed E-state index contributed by atoms with van der Waals surface area (Å²) in [4.78, 5) is 0. The van der Waals surface area contributed by atoms with Crippen LogP contribution in [0, 0.1) is 44.8 Å². The van der Waals surface area contributed by atoms with Crippen LogP contribution in [0.15, 0.2) is 41.8 Å². The van der Waals surface area contributed by atoms with E-state index in [0.717, 1.165) is 39.1 Å². The molecule has 1 aromatic heterocycles. The molecule has 2 heterocycles. The lowest BCUT2D eigenvalue weighted by atomic mass is 9.78. The molecular weight excluding hydrogens is 395 g/mol.